The predicted octanol–water partition coefficient (Wildman–Crippen LogP) is 4.11. The van der Waals surface area contributed by atoms with Gasteiger partial charge in [-0.05, 0) is 42.3 Å². The van der Waals surface area contributed by atoms with Gasteiger partial charge < -0.3 is 10.6 Å². The summed E-state index contributed by atoms with van der Waals surface area (Å²) in [7, 11) is 0. The molecule has 0 aliphatic heterocycles. The highest BCUT2D eigenvalue weighted by atomic mass is 19.1. The molecule has 0 aliphatic carbocycles. The number of carbonyl (C=O) groups excluding carboxylic acids is 2. The van der Waals surface area contributed by atoms with E-state index in [1.807, 2.05) is 43.3 Å². The molecule has 4 nitrogen and oxygen atoms in total. The van der Waals surface area contributed by atoms with Crippen molar-refractivity contribution in [2.24, 2.45) is 0 Å². The first-order valence-electron chi connectivity index (χ1n) is 9.00. The van der Waals surface area contributed by atoms with Crippen LogP contribution in [0.3, 0.4) is 0 Å². The lowest BCUT2D eigenvalue weighted by Crippen LogP contribution is -2.45. The third-order valence-corrected chi connectivity index (χ3v) is 4.32. The Morgan fingerprint density at radius 1 is 0.929 bits per heavy atom. The second kappa shape index (κ2) is 8.95. The van der Waals surface area contributed by atoms with Gasteiger partial charge >= 0.3 is 0 Å². The number of hydrogen-bond donors (Lipinski definition) is 2. The largest absolute Gasteiger partial charge is 0.340 e. The molecule has 2 N–H and O–H groups in total. The number of anilines is 1. The van der Waals surface area contributed by atoms with Crippen molar-refractivity contribution in [1.82, 2.24) is 5.32 Å². The summed E-state index contributed by atoms with van der Waals surface area (Å²) in [6, 6.07) is 21.7. The van der Waals surface area contributed by atoms with Crippen LogP contribution in [-0.4, -0.2) is 17.9 Å². The number of benzene rings is 3. The van der Waals surface area contributed by atoms with Crippen LogP contribution < -0.4 is 10.6 Å². The van der Waals surface area contributed by atoms with Gasteiger partial charge in [-0.25, -0.2) is 4.39 Å². The van der Waals surface area contributed by atoms with Gasteiger partial charge in [-0.1, -0.05) is 54.6 Å². The van der Waals surface area contributed by atoms with Crippen LogP contribution in [0.2, 0.25) is 0 Å². The first-order chi connectivity index (χ1) is 13.5. The van der Waals surface area contributed by atoms with Crippen LogP contribution in [0.25, 0.3) is 0 Å². The molecule has 3 rings (SSSR count). The molecule has 3 aromatic carbocycles. The molecule has 0 fully saturated rings. The van der Waals surface area contributed by atoms with Gasteiger partial charge in [0.05, 0.1) is 5.69 Å². The van der Waals surface area contributed by atoms with E-state index >= 15 is 0 Å². The molecule has 5 heteroatoms. The van der Waals surface area contributed by atoms with Crippen molar-refractivity contribution in [3.05, 3.63) is 101 Å². The van der Waals surface area contributed by atoms with Gasteiger partial charge in [0.1, 0.15) is 11.9 Å². The van der Waals surface area contributed by atoms with Crippen LogP contribution >= 0.6 is 0 Å². The van der Waals surface area contributed by atoms with Crippen molar-refractivity contribution in [3.63, 3.8) is 0 Å². The summed E-state index contributed by atoms with van der Waals surface area (Å²) in [6.45, 7) is 1.81. The number of nitrogens with one attached hydrogen (secondary N) is 2. The molecular formula is C23H21FN2O2. The Labute approximate surface area is 163 Å². The topological polar surface area (TPSA) is 58.2 Å². The van der Waals surface area contributed by atoms with Gasteiger partial charge in [0, 0.05) is 12.0 Å². The molecule has 0 aliphatic rings. The van der Waals surface area contributed by atoms with E-state index in [1.165, 1.54) is 6.07 Å². The van der Waals surface area contributed by atoms with Crippen LogP contribution in [0.5, 0.6) is 0 Å². The fraction of sp³-hybridized carbons (Fsp3) is 0.130. The van der Waals surface area contributed by atoms with Crippen molar-refractivity contribution < 1.29 is 14.0 Å². The zero-order valence-corrected chi connectivity index (χ0v) is 15.5. The van der Waals surface area contributed by atoms with E-state index in [0.717, 1.165) is 11.1 Å². The third-order valence-electron chi connectivity index (χ3n) is 4.32. The van der Waals surface area contributed by atoms with E-state index in [1.54, 1.807) is 36.4 Å². The summed E-state index contributed by atoms with van der Waals surface area (Å²) < 4.78 is 14.0. The minimum absolute atomic E-state index is 0.0945. The minimum atomic E-state index is -0.852. The lowest BCUT2D eigenvalue weighted by Gasteiger charge is -2.19. The summed E-state index contributed by atoms with van der Waals surface area (Å²) in [5.74, 6) is -1.36. The van der Waals surface area contributed by atoms with Gasteiger partial charge in [0.15, 0.2) is 0 Å². The first kappa shape index (κ1) is 19.3. The number of rotatable bonds is 6. The monoisotopic (exact) mass is 376 g/mol. The Balaban J connectivity index is 1.81. The molecular weight excluding hydrogens is 355 g/mol. The van der Waals surface area contributed by atoms with Gasteiger partial charge in [0.2, 0.25) is 5.91 Å². The molecule has 142 valence electrons. The van der Waals surface area contributed by atoms with Crippen molar-refractivity contribution >= 4 is 17.5 Å². The minimum Gasteiger partial charge on any atom is -0.340 e. The number of carbonyl (C=O) groups is 2. The SMILES string of the molecule is Cc1ccc(F)c(NC(=O)C(Cc2ccccc2)NC(=O)c2ccccc2)c1. The lowest BCUT2D eigenvalue weighted by atomic mass is 10.0. The van der Waals surface area contributed by atoms with Crippen LogP contribution in [0.15, 0.2) is 78.9 Å². The van der Waals surface area contributed by atoms with Crippen molar-refractivity contribution in [1.29, 1.82) is 0 Å². The normalized spacial score (nSPS) is 11.5. The molecule has 1 atom stereocenters. The summed E-state index contributed by atoms with van der Waals surface area (Å²) in [5.41, 5.74) is 2.26. The Kier molecular flexibility index (Phi) is 6.17. The molecule has 0 radical (unpaired) electrons. The zero-order chi connectivity index (χ0) is 19.9. The van der Waals surface area contributed by atoms with Crippen molar-refractivity contribution in [2.45, 2.75) is 19.4 Å². The maximum atomic E-state index is 14.0. The van der Waals surface area contributed by atoms with E-state index in [4.69, 9.17) is 0 Å². The molecule has 2 amide bonds. The van der Waals surface area contributed by atoms with E-state index < -0.39 is 17.8 Å². The molecule has 0 bridgehead atoms. The molecule has 28 heavy (non-hydrogen) atoms. The molecule has 0 saturated heterocycles. The fourth-order valence-corrected chi connectivity index (χ4v) is 2.84. The quantitative estimate of drug-likeness (QED) is 0.680. The maximum Gasteiger partial charge on any atom is 0.251 e. The standard InChI is InChI=1S/C23H21FN2O2/c1-16-12-13-19(24)20(14-16)25-23(28)21(15-17-8-4-2-5-9-17)26-22(27)18-10-6-3-7-11-18/h2-14,21H,15H2,1H3,(H,25,28)(H,26,27). The summed E-state index contributed by atoms with van der Waals surface area (Å²) in [4.78, 5) is 25.4. The highest BCUT2D eigenvalue weighted by molar-refractivity contribution is 6.01. The van der Waals surface area contributed by atoms with E-state index in [-0.39, 0.29) is 11.6 Å². The van der Waals surface area contributed by atoms with Gasteiger partial charge in [-0.2, -0.15) is 0 Å². The van der Waals surface area contributed by atoms with Gasteiger partial charge in [0.25, 0.3) is 5.91 Å². The second-order valence-electron chi connectivity index (χ2n) is 6.55. The number of hydrogen-bond acceptors (Lipinski definition) is 2. The lowest BCUT2D eigenvalue weighted by molar-refractivity contribution is -0.118. The van der Waals surface area contributed by atoms with Crippen LogP contribution in [0, 0.1) is 12.7 Å². The first-order valence-corrected chi connectivity index (χ1v) is 9.00. The zero-order valence-electron chi connectivity index (χ0n) is 15.5. The highest BCUT2D eigenvalue weighted by Crippen LogP contribution is 2.16. The Morgan fingerprint density at radius 3 is 2.25 bits per heavy atom. The molecule has 3 aromatic rings. The Bertz CT molecular complexity index is 959. The van der Waals surface area contributed by atoms with E-state index in [0.29, 0.717) is 12.0 Å². The summed E-state index contributed by atoms with van der Waals surface area (Å²) in [6.07, 6.45) is 0.290. The predicted molar refractivity (Wildman–Crippen MR) is 108 cm³/mol. The van der Waals surface area contributed by atoms with Crippen molar-refractivity contribution in [2.75, 3.05) is 5.32 Å². The smallest absolute Gasteiger partial charge is 0.251 e. The number of aryl methyl sites for hydroxylation is 1. The average molecular weight is 376 g/mol. The van der Waals surface area contributed by atoms with E-state index in [2.05, 4.69) is 10.6 Å². The van der Waals surface area contributed by atoms with Gasteiger partial charge in [-0.15, -0.1) is 0 Å². The number of halogens is 1. The molecule has 0 spiro atoms. The number of amides is 2. The van der Waals surface area contributed by atoms with Crippen molar-refractivity contribution in [3.8, 4) is 0 Å². The van der Waals surface area contributed by atoms with Gasteiger partial charge in [-0.3, -0.25) is 9.59 Å². The molecule has 0 aromatic heterocycles. The van der Waals surface area contributed by atoms with Crippen LogP contribution in [-0.2, 0) is 11.2 Å². The van der Waals surface area contributed by atoms with Crippen LogP contribution in [0.1, 0.15) is 21.5 Å². The second-order valence-corrected chi connectivity index (χ2v) is 6.55. The average Bonchev–Trinajstić information content (AvgIpc) is 2.71. The van der Waals surface area contributed by atoms with E-state index in [9.17, 15) is 14.0 Å². The summed E-state index contributed by atoms with van der Waals surface area (Å²) >= 11 is 0. The maximum absolute atomic E-state index is 14.0. The fourth-order valence-electron chi connectivity index (χ4n) is 2.84. The Morgan fingerprint density at radius 2 is 1.57 bits per heavy atom. The highest BCUT2D eigenvalue weighted by Gasteiger charge is 2.23. The summed E-state index contributed by atoms with van der Waals surface area (Å²) in [5, 5.41) is 5.36. The third kappa shape index (κ3) is 5.04. The molecule has 1 unspecified atom stereocenters. The molecule has 0 heterocycles. The molecule has 0 saturated carbocycles. The Hall–Kier alpha value is -3.47. The van der Waals surface area contributed by atoms with Crippen LogP contribution in [0.4, 0.5) is 10.1 Å².